The summed E-state index contributed by atoms with van der Waals surface area (Å²) in [5, 5.41) is 11.1. The summed E-state index contributed by atoms with van der Waals surface area (Å²) >= 11 is 0. The lowest BCUT2D eigenvalue weighted by Crippen LogP contribution is -2.50. The topological polar surface area (TPSA) is 101 Å². The van der Waals surface area contributed by atoms with Crippen molar-refractivity contribution in [2.24, 2.45) is 0 Å². The van der Waals surface area contributed by atoms with Crippen LogP contribution in [0.2, 0.25) is 0 Å². The highest BCUT2D eigenvalue weighted by atomic mass is 32.2. The predicted molar refractivity (Wildman–Crippen MR) is 113 cm³/mol. The van der Waals surface area contributed by atoms with Crippen LogP contribution in [0.3, 0.4) is 0 Å². The number of nitro groups is 1. The molecule has 0 bridgehead atoms. The number of aryl methyl sites for hydroxylation is 2. The quantitative estimate of drug-likeness (QED) is 0.413. The monoisotopic (exact) mass is 429 g/mol. The standard InChI is InChI=1S/C21H23N3O5S/c1-16-7-9-20(17(2)15-16)30(28,29)23-13-11-22(12-14-23)21(25)10-8-18-5-3-4-6-19(18)24(26)27/h3-10,15H,11-14H2,1-2H3/b10-8+. The van der Waals surface area contributed by atoms with Crippen LogP contribution in [-0.4, -0.2) is 54.6 Å². The molecule has 158 valence electrons. The molecule has 1 fully saturated rings. The molecule has 2 aromatic rings. The second kappa shape index (κ2) is 8.76. The summed E-state index contributed by atoms with van der Waals surface area (Å²) in [6.45, 7) is 4.58. The molecule has 0 aliphatic carbocycles. The molecule has 1 aliphatic heterocycles. The Bertz CT molecular complexity index is 1100. The number of sulfonamides is 1. The SMILES string of the molecule is Cc1ccc(S(=O)(=O)N2CCN(C(=O)/C=C/c3ccccc3[N+](=O)[O-])CC2)c(C)c1. The molecule has 0 atom stereocenters. The van der Waals surface area contributed by atoms with Crippen molar-refractivity contribution in [2.45, 2.75) is 18.7 Å². The average molecular weight is 429 g/mol. The van der Waals surface area contributed by atoms with Gasteiger partial charge in [-0.3, -0.25) is 14.9 Å². The number of carbonyl (C=O) groups is 1. The van der Waals surface area contributed by atoms with Crippen molar-refractivity contribution < 1.29 is 18.1 Å². The van der Waals surface area contributed by atoms with Gasteiger partial charge in [-0.15, -0.1) is 0 Å². The van der Waals surface area contributed by atoms with E-state index in [9.17, 15) is 23.3 Å². The van der Waals surface area contributed by atoms with Gasteiger partial charge in [0.25, 0.3) is 5.69 Å². The van der Waals surface area contributed by atoms with Gasteiger partial charge in [-0.1, -0.05) is 29.8 Å². The Balaban J connectivity index is 1.67. The molecule has 2 aromatic carbocycles. The van der Waals surface area contributed by atoms with E-state index in [1.807, 2.05) is 13.0 Å². The Hall–Kier alpha value is -3.04. The van der Waals surface area contributed by atoms with Crippen LogP contribution in [-0.2, 0) is 14.8 Å². The fraction of sp³-hybridized carbons (Fsp3) is 0.286. The minimum Gasteiger partial charge on any atom is -0.337 e. The number of carbonyl (C=O) groups excluding carboxylic acids is 1. The largest absolute Gasteiger partial charge is 0.337 e. The van der Waals surface area contributed by atoms with E-state index in [4.69, 9.17) is 0 Å². The van der Waals surface area contributed by atoms with Gasteiger partial charge in [0.15, 0.2) is 0 Å². The smallest absolute Gasteiger partial charge is 0.276 e. The molecule has 0 unspecified atom stereocenters. The molecule has 1 heterocycles. The van der Waals surface area contributed by atoms with Gasteiger partial charge in [-0.2, -0.15) is 4.31 Å². The number of para-hydroxylation sites is 1. The fourth-order valence-electron chi connectivity index (χ4n) is 3.44. The van der Waals surface area contributed by atoms with Crippen LogP contribution in [0.25, 0.3) is 6.08 Å². The van der Waals surface area contributed by atoms with Gasteiger partial charge in [-0.05, 0) is 37.6 Å². The van der Waals surface area contributed by atoms with E-state index in [0.717, 1.165) is 5.56 Å². The first-order valence-corrected chi connectivity index (χ1v) is 10.9. The van der Waals surface area contributed by atoms with Crippen molar-refractivity contribution in [3.63, 3.8) is 0 Å². The normalized spacial score (nSPS) is 15.5. The summed E-state index contributed by atoms with van der Waals surface area (Å²) in [6.07, 6.45) is 2.70. The Labute approximate surface area is 175 Å². The number of rotatable bonds is 5. The van der Waals surface area contributed by atoms with Gasteiger partial charge in [-0.25, -0.2) is 8.42 Å². The summed E-state index contributed by atoms with van der Waals surface area (Å²) in [7, 11) is -3.63. The summed E-state index contributed by atoms with van der Waals surface area (Å²) in [6, 6.07) is 11.4. The van der Waals surface area contributed by atoms with Gasteiger partial charge in [0.2, 0.25) is 15.9 Å². The summed E-state index contributed by atoms with van der Waals surface area (Å²) in [4.78, 5) is 24.9. The first-order chi connectivity index (χ1) is 14.2. The number of nitro benzene ring substituents is 1. The van der Waals surface area contributed by atoms with E-state index in [1.165, 1.54) is 22.5 Å². The lowest BCUT2D eigenvalue weighted by molar-refractivity contribution is -0.385. The van der Waals surface area contributed by atoms with Crippen molar-refractivity contribution in [2.75, 3.05) is 26.2 Å². The maximum Gasteiger partial charge on any atom is 0.276 e. The molecule has 9 heteroatoms. The Kier molecular flexibility index (Phi) is 6.33. The van der Waals surface area contributed by atoms with Crippen molar-refractivity contribution in [1.29, 1.82) is 0 Å². The van der Waals surface area contributed by atoms with Crippen molar-refractivity contribution >= 4 is 27.7 Å². The number of hydrogen-bond acceptors (Lipinski definition) is 5. The van der Waals surface area contributed by atoms with Crippen LogP contribution >= 0.6 is 0 Å². The molecule has 8 nitrogen and oxygen atoms in total. The van der Waals surface area contributed by atoms with Crippen LogP contribution in [0, 0.1) is 24.0 Å². The molecule has 1 saturated heterocycles. The lowest BCUT2D eigenvalue weighted by Gasteiger charge is -2.33. The van der Waals surface area contributed by atoms with Gasteiger partial charge in [0, 0.05) is 38.3 Å². The van der Waals surface area contributed by atoms with Crippen molar-refractivity contribution in [3.8, 4) is 0 Å². The van der Waals surface area contributed by atoms with Crippen molar-refractivity contribution in [3.05, 3.63) is 75.3 Å². The Morgan fingerprint density at radius 1 is 1.07 bits per heavy atom. The molecule has 0 saturated carbocycles. The molecule has 0 spiro atoms. The predicted octanol–water partition coefficient (Wildman–Crippen LogP) is 2.76. The zero-order valence-electron chi connectivity index (χ0n) is 16.8. The van der Waals surface area contributed by atoms with E-state index >= 15 is 0 Å². The molecule has 3 rings (SSSR count). The van der Waals surface area contributed by atoms with E-state index in [1.54, 1.807) is 42.2 Å². The average Bonchev–Trinajstić information content (AvgIpc) is 2.72. The van der Waals surface area contributed by atoms with Crippen LogP contribution in [0.1, 0.15) is 16.7 Å². The third kappa shape index (κ3) is 4.58. The van der Waals surface area contributed by atoms with Gasteiger partial charge < -0.3 is 4.90 Å². The zero-order chi connectivity index (χ0) is 21.9. The van der Waals surface area contributed by atoms with Crippen LogP contribution in [0.5, 0.6) is 0 Å². The fourth-order valence-corrected chi connectivity index (χ4v) is 5.07. The number of hydrogen-bond donors (Lipinski definition) is 0. The molecular formula is C21H23N3O5S. The first kappa shape index (κ1) is 21.7. The summed E-state index contributed by atoms with van der Waals surface area (Å²) < 4.78 is 27.3. The number of nitrogens with zero attached hydrogens (tertiary/aromatic N) is 3. The second-order valence-corrected chi connectivity index (χ2v) is 9.05. The molecule has 1 amide bonds. The molecule has 0 radical (unpaired) electrons. The molecule has 0 aromatic heterocycles. The first-order valence-electron chi connectivity index (χ1n) is 9.48. The van der Waals surface area contributed by atoms with E-state index in [2.05, 4.69) is 0 Å². The maximum atomic E-state index is 13.0. The summed E-state index contributed by atoms with van der Waals surface area (Å²) in [5.74, 6) is -0.309. The van der Waals surface area contributed by atoms with Crippen molar-refractivity contribution in [1.82, 2.24) is 9.21 Å². The van der Waals surface area contributed by atoms with E-state index < -0.39 is 14.9 Å². The zero-order valence-corrected chi connectivity index (χ0v) is 17.6. The maximum absolute atomic E-state index is 13.0. The third-order valence-electron chi connectivity index (χ3n) is 5.04. The highest BCUT2D eigenvalue weighted by molar-refractivity contribution is 7.89. The van der Waals surface area contributed by atoms with Crippen LogP contribution in [0.15, 0.2) is 53.4 Å². The van der Waals surface area contributed by atoms with Crippen LogP contribution in [0.4, 0.5) is 5.69 Å². The molecule has 30 heavy (non-hydrogen) atoms. The third-order valence-corrected chi connectivity index (χ3v) is 7.10. The van der Waals surface area contributed by atoms with Gasteiger partial charge in [0.05, 0.1) is 15.4 Å². The molecule has 1 aliphatic rings. The van der Waals surface area contributed by atoms with E-state index in [-0.39, 0.29) is 42.7 Å². The van der Waals surface area contributed by atoms with E-state index in [0.29, 0.717) is 11.1 Å². The summed E-state index contributed by atoms with van der Waals surface area (Å²) in [5.41, 5.74) is 1.95. The highest BCUT2D eigenvalue weighted by Gasteiger charge is 2.30. The number of benzene rings is 2. The molecular weight excluding hydrogens is 406 g/mol. The minimum absolute atomic E-state index is 0.0778. The Morgan fingerprint density at radius 2 is 1.73 bits per heavy atom. The van der Waals surface area contributed by atoms with Gasteiger partial charge in [0.1, 0.15) is 0 Å². The number of amides is 1. The lowest BCUT2D eigenvalue weighted by atomic mass is 10.1. The highest BCUT2D eigenvalue weighted by Crippen LogP contribution is 2.23. The second-order valence-electron chi connectivity index (χ2n) is 7.15. The Morgan fingerprint density at radius 3 is 2.37 bits per heavy atom. The van der Waals surface area contributed by atoms with Crippen LogP contribution < -0.4 is 0 Å². The minimum atomic E-state index is -3.63. The number of piperazine rings is 1. The molecule has 0 N–H and O–H groups in total. The van der Waals surface area contributed by atoms with Gasteiger partial charge >= 0.3 is 0 Å².